The molecule has 1 fully saturated rings. The van der Waals surface area contributed by atoms with Crippen LogP contribution in [0.5, 0.6) is 11.5 Å². The quantitative estimate of drug-likeness (QED) is 0.645. The summed E-state index contributed by atoms with van der Waals surface area (Å²) in [6.45, 7) is 6.32. The average Bonchev–Trinajstić information content (AvgIpc) is 2.45. The van der Waals surface area contributed by atoms with Crippen LogP contribution >= 0.6 is 0 Å². The molecule has 1 heterocycles. The Morgan fingerprint density at radius 3 is 2.76 bits per heavy atom. The van der Waals surface area contributed by atoms with Crippen LogP contribution in [0.3, 0.4) is 0 Å². The SMILES string of the molecule is CC(C)Oc1cc(OCC2CCCNC2)cc([N+](=O)[O-])c1. The molecular weight excluding hydrogens is 272 g/mol. The summed E-state index contributed by atoms with van der Waals surface area (Å²) in [4.78, 5) is 10.6. The van der Waals surface area contributed by atoms with Gasteiger partial charge >= 0.3 is 0 Å². The van der Waals surface area contributed by atoms with Crippen LogP contribution in [0, 0.1) is 16.0 Å². The molecule has 0 saturated carbocycles. The van der Waals surface area contributed by atoms with Gasteiger partial charge in [-0.15, -0.1) is 0 Å². The molecule has 0 amide bonds. The fraction of sp³-hybridized carbons (Fsp3) is 0.600. The summed E-state index contributed by atoms with van der Waals surface area (Å²) in [5.74, 6) is 1.41. The topological polar surface area (TPSA) is 73.6 Å². The molecule has 0 spiro atoms. The zero-order valence-corrected chi connectivity index (χ0v) is 12.5. The van der Waals surface area contributed by atoms with Crippen molar-refractivity contribution in [3.63, 3.8) is 0 Å². The minimum Gasteiger partial charge on any atom is -0.493 e. The van der Waals surface area contributed by atoms with E-state index in [0.717, 1.165) is 25.9 Å². The van der Waals surface area contributed by atoms with E-state index in [9.17, 15) is 10.1 Å². The zero-order valence-electron chi connectivity index (χ0n) is 12.5. The van der Waals surface area contributed by atoms with Crippen LogP contribution in [-0.2, 0) is 0 Å². The van der Waals surface area contributed by atoms with Crippen LogP contribution < -0.4 is 14.8 Å². The van der Waals surface area contributed by atoms with E-state index < -0.39 is 4.92 Å². The second-order valence-corrected chi connectivity index (χ2v) is 5.61. The molecule has 0 aliphatic carbocycles. The molecule has 1 aromatic carbocycles. The average molecular weight is 294 g/mol. The summed E-state index contributed by atoms with van der Waals surface area (Å²) in [6, 6.07) is 4.59. The van der Waals surface area contributed by atoms with Gasteiger partial charge in [-0.1, -0.05) is 0 Å². The lowest BCUT2D eigenvalue weighted by atomic mass is 10.0. The Kier molecular flexibility index (Phi) is 5.38. The van der Waals surface area contributed by atoms with Crippen molar-refractivity contribution in [3.05, 3.63) is 28.3 Å². The van der Waals surface area contributed by atoms with Crippen LogP contribution in [0.2, 0.25) is 0 Å². The normalized spacial score (nSPS) is 18.5. The Morgan fingerprint density at radius 2 is 2.14 bits per heavy atom. The number of piperidine rings is 1. The number of nitro benzene ring substituents is 1. The van der Waals surface area contributed by atoms with Gasteiger partial charge in [-0.3, -0.25) is 10.1 Å². The molecule has 1 aromatic rings. The van der Waals surface area contributed by atoms with Crippen LogP contribution in [0.15, 0.2) is 18.2 Å². The monoisotopic (exact) mass is 294 g/mol. The van der Waals surface area contributed by atoms with Gasteiger partial charge in [-0.05, 0) is 33.2 Å². The fourth-order valence-corrected chi connectivity index (χ4v) is 2.37. The van der Waals surface area contributed by atoms with E-state index in [1.807, 2.05) is 13.8 Å². The van der Waals surface area contributed by atoms with Crippen molar-refractivity contribution in [2.45, 2.75) is 32.8 Å². The number of hydrogen-bond acceptors (Lipinski definition) is 5. The maximum atomic E-state index is 11.0. The Balaban J connectivity index is 2.05. The number of hydrogen-bond donors (Lipinski definition) is 1. The molecule has 0 aromatic heterocycles. The third-order valence-corrected chi connectivity index (χ3v) is 3.33. The molecule has 21 heavy (non-hydrogen) atoms. The number of nitrogens with one attached hydrogen (secondary N) is 1. The molecule has 0 radical (unpaired) electrons. The molecule has 1 saturated heterocycles. The van der Waals surface area contributed by atoms with Crippen molar-refractivity contribution in [1.29, 1.82) is 0 Å². The number of ether oxygens (including phenoxy) is 2. The highest BCUT2D eigenvalue weighted by molar-refractivity contribution is 5.46. The van der Waals surface area contributed by atoms with Crippen molar-refractivity contribution in [3.8, 4) is 11.5 Å². The van der Waals surface area contributed by atoms with E-state index in [1.165, 1.54) is 12.1 Å². The van der Waals surface area contributed by atoms with Gasteiger partial charge < -0.3 is 14.8 Å². The highest BCUT2D eigenvalue weighted by atomic mass is 16.6. The smallest absolute Gasteiger partial charge is 0.276 e. The van der Waals surface area contributed by atoms with Gasteiger partial charge in [0.05, 0.1) is 29.8 Å². The molecule has 1 N–H and O–H groups in total. The van der Waals surface area contributed by atoms with Gasteiger partial charge in [0.25, 0.3) is 5.69 Å². The minimum atomic E-state index is -0.428. The number of nitro groups is 1. The Morgan fingerprint density at radius 1 is 1.38 bits per heavy atom. The Hall–Kier alpha value is -1.82. The first kappa shape index (κ1) is 15.6. The Bertz CT molecular complexity index is 485. The molecule has 2 rings (SSSR count). The van der Waals surface area contributed by atoms with Gasteiger partial charge in [-0.25, -0.2) is 0 Å². The van der Waals surface area contributed by atoms with Gasteiger partial charge in [-0.2, -0.15) is 0 Å². The van der Waals surface area contributed by atoms with E-state index in [-0.39, 0.29) is 11.8 Å². The second-order valence-electron chi connectivity index (χ2n) is 5.61. The van der Waals surface area contributed by atoms with E-state index in [2.05, 4.69) is 5.32 Å². The van der Waals surface area contributed by atoms with Crippen molar-refractivity contribution >= 4 is 5.69 Å². The molecule has 6 nitrogen and oxygen atoms in total. The molecule has 116 valence electrons. The molecular formula is C15H22N2O4. The lowest BCUT2D eigenvalue weighted by Crippen LogP contribution is -2.33. The first-order valence-corrected chi connectivity index (χ1v) is 7.34. The van der Waals surface area contributed by atoms with Crippen LogP contribution in [-0.4, -0.2) is 30.7 Å². The first-order chi connectivity index (χ1) is 10.0. The van der Waals surface area contributed by atoms with Crippen molar-refractivity contribution in [1.82, 2.24) is 5.32 Å². The lowest BCUT2D eigenvalue weighted by Gasteiger charge is -2.22. The minimum absolute atomic E-state index is 0.00933. The van der Waals surface area contributed by atoms with E-state index in [1.54, 1.807) is 6.07 Å². The van der Waals surface area contributed by atoms with Crippen LogP contribution in [0.25, 0.3) is 0 Å². The zero-order chi connectivity index (χ0) is 15.2. The van der Waals surface area contributed by atoms with Gasteiger partial charge in [0, 0.05) is 18.5 Å². The number of nitrogens with zero attached hydrogens (tertiary/aromatic N) is 1. The first-order valence-electron chi connectivity index (χ1n) is 7.34. The molecule has 6 heteroatoms. The highest BCUT2D eigenvalue weighted by Crippen LogP contribution is 2.29. The van der Waals surface area contributed by atoms with E-state index in [0.29, 0.717) is 24.0 Å². The lowest BCUT2D eigenvalue weighted by molar-refractivity contribution is -0.385. The standard InChI is InChI=1S/C15H22N2O4/c1-11(2)21-15-7-13(17(18)19)6-14(8-15)20-10-12-4-3-5-16-9-12/h6-8,11-12,16H,3-5,9-10H2,1-2H3. The van der Waals surface area contributed by atoms with Gasteiger partial charge in [0.15, 0.2) is 0 Å². The molecule has 0 bridgehead atoms. The fourth-order valence-electron chi connectivity index (χ4n) is 2.37. The number of rotatable bonds is 6. The summed E-state index contributed by atoms with van der Waals surface area (Å²) in [5, 5.41) is 14.3. The van der Waals surface area contributed by atoms with Crippen molar-refractivity contribution in [2.24, 2.45) is 5.92 Å². The summed E-state index contributed by atoms with van der Waals surface area (Å²) in [7, 11) is 0. The largest absolute Gasteiger partial charge is 0.493 e. The molecule has 1 aliphatic rings. The summed E-state index contributed by atoms with van der Waals surface area (Å²) < 4.78 is 11.3. The van der Waals surface area contributed by atoms with E-state index in [4.69, 9.17) is 9.47 Å². The molecule has 1 aliphatic heterocycles. The molecule has 1 unspecified atom stereocenters. The van der Waals surface area contributed by atoms with Gasteiger partial charge in [0.1, 0.15) is 11.5 Å². The van der Waals surface area contributed by atoms with Gasteiger partial charge in [0.2, 0.25) is 0 Å². The highest BCUT2D eigenvalue weighted by Gasteiger charge is 2.16. The summed E-state index contributed by atoms with van der Waals surface area (Å²) in [6.07, 6.45) is 2.23. The van der Waals surface area contributed by atoms with Crippen molar-refractivity contribution < 1.29 is 14.4 Å². The summed E-state index contributed by atoms with van der Waals surface area (Å²) >= 11 is 0. The predicted octanol–water partition coefficient (Wildman–Crippen LogP) is 2.76. The Labute approximate surface area is 124 Å². The van der Waals surface area contributed by atoms with E-state index >= 15 is 0 Å². The maximum absolute atomic E-state index is 11.0. The third kappa shape index (κ3) is 4.90. The number of non-ortho nitro benzene ring substituents is 1. The molecule has 1 atom stereocenters. The second kappa shape index (κ2) is 7.26. The predicted molar refractivity (Wildman–Crippen MR) is 79.9 cm³/mol. The third-order valence-electron chi connectivity index (χ3n) is 3.33. The van der Waals surface area contributed by atoms with Crippen LogP contribution in [0.4, 0.5) is 5.69 Å². The van der Waals surface area contributed by atoms with Crippen molar-refractivity contribution in [2.75, 3.05) is 19.7 Å². The maximum Gasteiger partial charge on any atom is 0.276 e. The van der Waals surface area contributed by atoms with Crippen LogP contribution in [0.1, 0.15) is 26.7 Å². The number of benzene rings is 1. The summed E-state index contributed by atoms with van der Waals surface area (Å²) in [5.41, 5.74) is -0.00933.